The third-order valence-electron chi connectivity index (χ3n) is 1.73. The van der Waals surface area contributed by atoms with Crippen LogP contribution < -0.4 is 5.32 Å². The second-order valence-corrected chi connectivity index (χ2v) is 3.56. The predicted molar refractivity (Wildman–Crippen MR) is 55.3 cm³/mol. The van der Waals surface area contributed by atoms with Gasteiger partial charge in [-0.15, -0.1) is 0 Å². The third kappa shape index (κ3) is 2.85. The molecule has 0 aromatic heterocycles. The number of aliphatic hydroxyl groups excluding tert-OH is 1. The maximum Gasteiger partial charge on any atom is 0.0914 e. The maximum absolute atomic E-state index is 9.57. The van der Waals surface area contributed by atoms with Crippen LogP contribution in [-0.4, -0.2) is 18.7 Å². The Morgan fingerprint density at radius 3 is 2.62 bits per heavy atom. The highest BCUT2D eigenvalue weighted by molar-refractivity contribution is 6.42. The summed E-state index contributed by atoms with van der Waals surface area (Å²) in [4.78, 5) is 0. The Balaban J connectivity index is 2.84. The molecule has 0 spiro atoms. The van der Waals surface area contributed by atoms with Crippen LogP contribution >= 0.6 is 23.2 Å². The summed E-state index contributed by atoms with van der Waals surface area (Å²) in [5.41, 5.74) is 0.767. The first-order chi connectivity index (χ1) is 6.15. The van der Waals surface area contributed by atoms with Crippen LogP contribution in [0.2, 0.25) is 10.0 Å². The van der Waals surface area contributed by atoms with Crippen molar-refractivity contribution in [2.75, 3.05) is 13.6 Å². The number of aliphatic hydroxyl groups is 1. The van der Waals surface area contributed by atoms with Crippen molar-refractivity contribution in [3.8, 4) is 0 Å². The molecule has 2 nitrogen and oxygen atoms in total. The summed E-state index contributed by atoms with van der Waals surface area (Å²) in [6.45, 7) is 0.498. The van der Waals surface area contributed by atoms with Gasteiger partial charge in [-0.25, -0.2) is 0 Å². The molecule has 0 aliphatic heterocycles. The molecule has 0 aliphatic carbocycles. The van der Waals surface area contributed by atoms with Gasteiger partial charge in [0.1, 0.15) is 0 Å². The molecule has 72 valence electrons. The van der Waals surface area contributed by atoms with Gasteiger partial charge in [0.05, 0.1) is 16.1 Å². The van der Waals surface area contributed by atoms with E-state index in [0.29, 0.717) is 16.6 Å². The van der Waals surface area contributed by atoms with E-state index in [4.69, 9.17) is 23.2 Å². The minimum Gasteiger partial charge on any atom is -0.387 e. The van der Waals surface area contributed by atoms with Gasteiger partial charge in [0.2, 0.25) is 0 Å². The molecule has 1 aromatic carbocycles. The number of hydrogen-bond donors (Lipinski definition) is 2. The van der Waals surface area contributed by atoms with Crippen LogP contribution in [0.5, 0.6) is 0 Å². The number of nitrogens with one attached hydrogen (secondary N) is 1. The third-order valence-corrected chi connectivity index (χ3v) is 2.46. The number of rotatable bonds is 3. The van der Waals surface area contributed by atoms with Gasteiger partial charge in [0, 0.05) is 6.54 Å². The quantitative estimate of drug-likeness (QED) is 0.818. The molecule has 0 radical (unpaired) electrons. The van der Waals surface area contributed by atoms with Crippen LogP contribution in [0, 0.1) is 0 Å². The molecular formula is C9H11Cl2NO. The van der Waals surface area contributed by atoms with Crippen LogP contribution in [0.3, 0.4) is 0 Å². The molecule has 0 bridgehead atoms. The molecule has 0 amide bonds. The van der Waals surface area contributed by atoms with E-state index in [2.05, 4.69) is 5.32 Å². The van der Waals surface area contributed by atoms with Gasteiger partial charge in [-0.1, -0.05) is 29.3 Å². The number of hydrogen-bond acceptors (Lipinski definition) is 2. The van der Waals surface area contributed by atoms with Gasteiger partial charge >= 0.3 is 0 Å². The fourth-order valence-electron chi connectivity index (χ4n) is 1.03. The Morgan fingerprint density at radius 1 is 1.38 bits per heavy atom. The van der Waals surface area contributed by atoms with Crippen LogP contribution in [0.4, 0.5) is 0 Å². The SMILES string of the molecule is CNC[C@@H](O)c1ccc(Cl)c(Cl)c1. The predicted octanol–water partition coefficient (Wildman–Crippen LogP) is 2.25. The van der Waals surface area contributed by atoms with E-state index in [-0.39, 0.29) is 0 Å². The molecule has 0 heterocycles. The van der Waals surface area contributed by atoms with Crippen molar-refractivity contribution in [3.63, 3.8) is 0 Å². The molecule has 2 N–H and O–H groups in total. The van der Waals surface area contributed by atoms with Crippen LogP contribution in [0.15, 0.2) is 18.2 Å². The molecule has 1 atom stereocenters. The highest BCUT2D eigenvalue weighted by Gasteiger charge is 2.07. The number of likely N-dealkylation sites (N-methyl/N-ethyl adjacent to an activating group) is 1. The molecule has 0 saturated heterocycles. The molecule has 0 aliphatic rings. The van der Waals surface area contributed by atoms with Crippen molar-refractivity contribution < 1.29 is 5.11 Å². The van der Waals surface area contributed by atoms with Crippen molar-refractivity contribution in [2.45, 2.75) is 6.10 Å². The van der Waals surface area contributed by atoms with E-state index in [1.54, 1.807) is 25.2 Å². The number of benzene rings is 1. The molecule has 0 fully saturated rings. The average molecular weight is 220 g/mol. The van der Waals surface area contributed by atoms with E-state index in [1.165, 1.54) is 0 Å². The Morgan fingerprint density at radius 2 is 2.08 bits per heavy atom. The minimum absolute atomic E-state index is 0.467. The van der Waals surface area contributed by atoms with E-state index in [9.17, 15) is 5.11 Å². The summed E-state index contributed by atoms with van der Waals surface area (Å²) in [6, 6.07) is 5.11. The second-order valence-electron chi connectivity index (χ2n) is 2.75. The highest BCUT2D eigenvalue weighted by Crippen LogP contribution is 2.25. The molecule has 0 saturated carbocycles. The normalized spacial score (nSPS) is 12.9. The molecule has 4 heteroatoms. The van der Waals surface area contributed by atoms with Crippen LogP contribution in [0.1, 0.15) is 11.7 Å². The van der Waals surface area contributed by atoms with E-state index < -0.39 is 6.10 Å². The van der Waals surface area contributed by atoms with Crippen molar-refractivity contribution in [3.05, 3.63) is 33.8 Å². The average Bonchev–Trinajstić information content (AvgIpc) is 2.10. The summed E-state index contributed by atoms with van der Waals surface area (Å²) in [5.74, 6) is 0. The first-order valence-corrected chi connectivity index (χ1v) is 4.68. The summed E-state index contributed by atoms with van der Waals surface area (Å²) < 4.78 is 0. The summed E-state index contributed by atoms with van der Waals surface area (Å²) >= 11 is 11.5. The molecular weight excluding hydrogens is 209 g/mol. The largest absolute Gasteiger partial charge is 0.387 e. The fraction of sp³-hybridized carbons (Fsp3) is 0.333. The first kappa shape index (κ1) is 10.8. The molecule has 1 rings (SSSR count). The molecule has 13 heavy (non-hydrogen) atoms. The summed E-state index contributed by atoms with van der Waals surface area (Å²) in [6.07, 6.45) is -0.542. The zero-order valence-corrected chi connectivity index (χ0v) is 8.73. The van der Waals surface area contributed by atoms with E-state index >= 15 is 0 Å². The van der Waals surface area contributed by atoms with Gasteiger partial charge in [-0.3, -0.25) is 0 Å². The summed E-state index contributed by atoms with van der Waals surface area (Å²) in [7, 11) is 1.78. The van der Waals surface area contributed by atoms with Crippen molar-refractivity contribution in [2.24, 2.45) is 0 Å². The van der Waals surface area contributed by atoms with Crippen molar-refractivity contribution in [1.82, 2.24) is 5.32 Å². The van der Waals surface area contributed by atoms with Gasteiger partial charge in [0.15, 0.2) is 0 Å². The van der Waals surface area contributed by atoms with Crippen molar-refractivity contribution >= 4 is 23.2 Å². The van der Waals surface area contributed by atoms with Crippen molar-refractivity contribution in [1.29, 1.82) is 0 Å². The summed E-state index contributed by atoms with van der Waals surface area (Å²) in [5, 5.41) is 13.4. The molecule has 0 unspecified atom stereocenters. The lowest BCUT2D eigenvalue weighted by Gasteiger charge is -2.10. The Kier molecular flexibility index (Phi) is 4.00. The van der Waals surface area contributed by atoms with Gasteiger partial charge in [-0.05, 0) is 24.7 Å². The topological polar surface area (TPSA) is 32.3 Å². The maximum atomic E-state index is 9.57. The Labute approximate surface area is 87.5 Å². The van der Waals surface area contributed by atoms with E-state index in [0.717, 1.165) is 5.56 Å². The van der Waals surface area contributed by atoms with Gasteiger partial charge < -0.3 is 10.4 Å². The Hall–Kier alpha value is -0.280. The van der Waals surface area contributed by atoms with E-state index in [1.807, 2.05) is 0 Å². The minimum atomic E-state index is -0.542. The standard InChI is InChI=1S/C9H11Cl2NO/c1-12-5-9(13)6-2-3-7(10)8(11)4-6/h2-4,9,12-13H,5H2,1H3/t9-/m1/s1. The Bertz CT molecular complexity index is 291. The second kappa shape index (κ2) is 4.82. The van der Waals surface area contributed by atoms with Gasteiger partial charge in [-0.2, -0.15) is 0 Å². The molecule has 1 aromatic rings. The lowest BCUT2D eigenvalue weighted by atomic mass is 10.1. The number of halogens is 2. The van der Waals surface area contributed by atoms with Crippen LogP contribution in [0.25, 0.3) is 0 Å². The van der Waals surface area contributed by atoms with Gasteiger partial charge in [0.25, 0.3) is 0 Å². The van der Waals surface area contributed by atoms with Crippen LogP contribution in [-0.2, 0) is 0 Å². The zero-order valence-electron chi connectivity index (χ0n) is 7.22. The lowest BCUT2D eigenvalue weighted by molar-refractivity contribution is 0.178. The first-order valence-electron chi connectivity index (χ1n) is 3.92. The fourth-order valence-corrected chi connectivity index (χ4v) is 1.34. The zero-order chi connectivity index (χ0) is 9.84. The highest BCUT2D eigenvalue weighted by atomic mass is 35.5. The lowest BCUT2D eigenvalue weighted by Crippen LogP contribution is -2.16. The smallest absolute Gasteiger partial charge is 0.0914 e. The monoisotopic (exact) mass is 219 g/mol.